The molecule has 0 radical (unpaired) electrons. The molecule has 0 amide bonds. The predicted octanol–water partition coefficient (Wildman–Crippen LogP) is 3.74. The van der Waals surface area contributed by atoms with Crippen LogP contribution in [-0.2, 0) is 0 Å². The van der Waals surface area contributed by atoms with Crippen LogP contribution in [0.1, 0.15) is 51.1 Å². The molecule has 4 heteroatoms. The van der Waals surface area contributed by atoms with E-state index in [0.29, 0.717) is 12.0 Å². The van der Waals surface area contributed by atoms with E-state index < -0.39 is 0 Å². The van der Waals surface area contributed by atoms with Gasteiger partial charge in [0.15, 0.2) is 0 Å². The van der Waals surface area contributed by atoms with Gasteiger partial charge in [-0.2, -0.15) is 0 Å². The van der Waals surface area contributed by atoms with E-state index in [0.717, 1.165) is 23.4 Å². The average molecular weight is 312 g/mol. The lowest BCUT2D eigenvalue weighted by atomic mass is 10.00. The number of piperidine rings is 1. The lowest BCUT2D eigenvalue weighted by molar-refractivity contribution is 0.449. The Hall–Kier alpha value is -0.640. The predicted molar refractivity (Wildman–Crippen MR) is 79.5 cm³/mol. The van der Waals surface area contributed by atoms with Crippen molar-refractivity contribution in [3.8, 4) is 0 Å². The molecule has 1 saturated heterocycles. The number of hydrogen-bond acceptors (Lipinski definition) is 3. The molecule has 2 heterocycles. The van der Waals surface area contributed by atoms with E-state index in [-0.39, 0.29) is 0 Å². The summed E-state index contributed by atoms with van der Waals surface area (Å²) in [5.41, 5.74) is 1.14. The molecule has 18 heavy (non-hydrogen) atoms. The van der Waals surface area contributed by atoms with Crippen LogP contribution < -0.4 is 4.90 Å². The van der Waals surface area contributed by atoms with Gasteiger partial charge in [-0.1, -0.05) is 29.8 Å². The van der Waals surface area contributed by atoms with Crippen LogP contribution in [0.2, 0.25) is 0 Å². The lowest BCUT2D eigenvalue weighted by Gasteiger charge is -2.36. The van der Waals surface area contributed by atoms with Crippen LogP contribution in [0.25, 0.3) is 0 Å². The lowest BCUT2D eigenvalue weighted by Crippen LogP contribution is -2.40. The molecule has 1 fully saturated rings. The van der Waals surface area contributed by atoms with Crippen molar-refractivity contribution < 1.29 is 0 Å². The molecule has 1 aliphatic rings. The summed E-state index contributed by atoms with van der Waals surface area (Å²) < 4.78 is 0. The Morgan fingerprint density at radius 1 is 1.39 bits per heavy atom. The first-order chi connectivity index (χ1) is 8.72. The minimum atomic E-state index is 0.464. The molecular weight excluding hydrogens is 290 g/mol. The van der Waals surface area contributed by atoms with Crippen LogP contribution in [0.3, 0.4) is 0 Å². The van der Waals surface area contributed by atoms with Crippen LogP contribution in [0.5, 0.6) is 0 Å². The van der Waals surface area contributed by atoms with Gasteiger partial charge in [0.1, 0.15) is 12.1 Å². The van der Waals surface area contributed by atoms with Gasteiger partial charge in [0.25, 0.3) is 0 Å². The van der Waals surface area contributed by atoms with Gasteiger partial charge in [-0.05, 0) is 31.6 Å². The molecule has 0 saturated carbocycles. The number of nitrogens with zero attached hydrogens (tertiary/aromatic N) is 3. The van der Waals surface area contributed by atoms with E-state index in [9.17, 15) is 0 Å². The van der Waals surface area contributed by atoms with E-state index in [4.69, 9.17) is 0 Å². The van der Waals surface area contributed by atoms with Gasteiger partial charge in [0.2, 0.25) is 0 Å². The third-order valence-electron chi connectivity index (χ3n) is 3.63. The zero-order valence-electron chi connectivity index (χ0n) is 11.3. The van der Waals surface area contributed by atoms with Crippen molar-refractivity contribution >= 4 is 21.7 Å². The van der Waals surface area contributed by atoms with Crippen LogP contribution in [0, 0.1) is 0 Å². The zero-order chi connectivity index (χ0) is 13.0. The second kappa shape index (κ2) is 6.50. The summed E-state index contributed by atoms with van der Waals surface area (Å²) in [6.07, 6.45) is 6.81. The summed E-state index contributed by atoms with van der Waals surface area (Å²) in [4.78, 5) is 11.3. The summed E-state index contributed by atoms with van der Waals surface area (Å²) in [5.74, 6) is 1.57. The second-order valence-corrected chi connectivity index (χ2v) is 6.07. The van der Waals surface area contributed by atoms with Crippen LogP contribution in [0.4, 0.5) is 5.82 Å². The van der Waals surface area contributed by atoms with Crippen molar-refractivity contribution in [2.24, 2.45) is 0 Å². The maximum Gasteiger partial charge on any atom is 0.132 e. The van der Waals surface area contributed by atoms with Gasteiger partial charge in [0.05, 0.1) is 0 Å². The summed E-state index contributed by atoms with van der Waals surface area (Å²) in [6, 6.07) is 2.80. The third kappa shape index (κ3) is 3.22. The molecule has 3 nitrogen and oxygen atoms in total. The molecular formula is C14H22BrN3. The number of alkyl halides is 1. The molecule has 1 aliphatic heterocycles. The Kier molecular flexibility index (Phi) is 4.98. The summed E-state index contributed by atoms with van der Waals surface area (Å²) >= 11 is 3.56. The van der Waals surface area contributed by atoms with Crippen LogP contribution in [0.15, 0.2) is 12.4 Å². The van der Waals surface area contributed by atoms with Gasteiger partial charge in [0, 0.05) is 29.7 Å². The number of anilines is 1. The first-order valence-corrected chi connectivity index (χ1v) is 7.99. The molecule has 1 atom stereocenters. The van der Waals surface area contributed by atoms with Gasteiger partial charge >= 0.3 is 0 Å². The molecule has 0 bridgehead atoms. The number of hydrogen-bond donors (Lipinski definition) is 0. The van der Waals surface area contributed by atoms with Crippen molar-refractivity contribution in [2.45, 2.75) is 51.5 Å². The Bertz CT molecular complexity index is 379. The van der Waals surface area contributed by atoms with Crippen LogP contribution in [-0.4, -0.2) is 27.9 Å². The Morgan fingerprint density at radius 2 is 2.22 bits per heavy atom. The van der Waals surface area contributed by atoms with Gasteiger partial charge < -0.3 is 4.90 Å². The molecule has 0 spiro atoms. The molecule has 0 N–H and O–H groups in total. The fourth-order valence-electron chi connectivity index (χ4n) is 2.56. The Balaban J connectivity index is 2.19. The second-order valence-electron chi connectivity index (χ2n) is 5.28. The fraction of sp³-hybridized carbons (Fsp3) is 0.714. The molecule has 1 aromatic heterocycles. The maximum absolute atomic E-state index is 4.48. The van der Waals surface area contributed by atoms with Crippen molar-refractivity contribution in [3.63, 3.8) is 0 Å². The minimum absolute atomic E-state index is 0.464. The van der Waals surface area contributed by atoms with Crippen molar-refractivity contribution in [3.05, 3.63) is 18.1 Å². The summed E-state index contributed by atoms with van der Waals surface area (Å²) in [5, 5.41) is 1.07. The first kappa shape index (κ1) is 13.8. The van der Waals surface area contributed by atoms with E-state index in [1.165, 1.54) is 25.7 Å². The first-order valence-electron chi connectivity index (χ1n) is 6.87. The normalized spacial score (nSPS) is 20.4. The van der Waals surface area contributed by atoms with Crippen molar-refractivity contribution in [2.75, 3.05) is 16.8 Å². The van der Waals surface area contributed by atoms with Crippen molar-refractivity contribution in [1.29, 1.82) is 0 Å². The molecule has 1 aromatic rings. The minimum Gasteiger partial charge on any atom is -0.353 e. The molecule has 0 aromatic carbocycles. The van der Waals surface area contributed by atoms with Gasteiger partial charge in [-0.3, -0.25) is 0 Å². The highest BCUT2D eigenvalue weighted by atomic mass is 79.9. The molecule has 100 valence electrons. The quantitative estimate of drug-likeness (QED) is 0.793. The summed E-state index contributed by atoms with van der Waals surface area (Å²) in [7, 11) is 0. The van der Waals surface area contributed by atoms with E-state index in [1.54, 1.807) is 6.33 Å². The molecule has 1 unspecified atom stereocenters. The van der Waals surface area contributed by atoms with E-state index in [2.05, 4.69) is 50.7 Å². The summed E-state index contributed by atoms with van der Waals surface area (Å²) in [6.45, 7) is 5.49. The highest BCUT2D eigenvalue weighted by molar-refractivity contribution is 9.09. The van der Waals surface area contributed by atoms with Crippen LogP contribution >= 0.6 is 15.9 Å². The van der Waals surface area contributed by atoms with Gasteiger partial charge in [-0.25, -0.2) is 9.97 Å². The highest BCUT2D eigenvalue weighted by Gasteiger charge is 2.23. The fourth-order valence-corrected chi connectivity index (χ4v) is 3.09. The molecule has 2 rings (SSSR count). The largest absolute Gasteiger partial charge is 0.353 e. The number of rotatable bonds is 4. The highest BCUT2D eigenvalue weighted by Crippen LogP contribution is 2.26. The molecule has 0 aliphatic carbocycles. The van der Waals surface area contributed by atoms with Gasteiger partial charge in [-0.15, -0.1) is 0 Å². The SMILES string of the molecule is CC(C)c1cc(N2CCCCC2CCBr)ncn1. The monoisotopic (exact) mass is 311 g/mol. The Labute approximate surface area is 118 Å². The van der Waals surface area contributed by atoms with Crippen molar-refractivity contribution in [1.82, 2.24) is 9.97 Å². The third-order valence-corrected chi connectivity index (χ3v) is 4.09. The number of halogens is 1. The number of aromatic nitrogens is 2. The van der Waals surface area contributed by atoms with E-state index >= 15 is 0 Å². The topological polar surface area (TPSA) is 29.0 Å². The zero-order valence-corrected chi connectivity index (χ0v) is 12.9. The standard InChI is InChI=1S/C14H22BrN3/c1-11(2)13-9-14(17-10-16-13)18-8-4-3-5-12(18)6-7-15/h9-12H,3-8H2,1-2H3. The average Bonchev–Trinajstić information content (AvgIpc) is 2.40. The van der Waals surface area contributed by atoms with E-state index in [1.807, 2.05) is 0 Å². The smallest absolute Gasteiger partial charge is 0.132 e. The maximum atomic E-state index is 4.48. The Morgan fingerprint density at radius 3 is 2.94 bits per heavy atom.